The number of piperidine rings is 1. The molecule has 0 radical (unpaired) electrons. The van der Waals surface area contributed by atoms with Crippen LogP contribution in [0.1, 0.15) is 58.2 Å². The fourth-order valence-corrected chi connectivity index (χ4v) is 2.93. The van der Waals surface area contributed by atoms with Crippen molar-refractivity contribution in [3.05, 3.63) is 11.7 Å². The summed E-state index contributed by atoms with van der Waals surface area (Å²) in [5.74, 6) is 2.15. The largest absolute Gasteiger partial charge is 0.339 e. The van der Waals surface area contributed by atoms with Gasteiger partial charge in [0.2, 0.25) is 5.89 Å². The highest BCUT2D eigenvalue weighted by Crippen LogP contribution is 2.12. The van der Waals surface area contributed by atoms with Crippen LogP contribution in [0, 0.1) is 5.92 Å². The first kappa shape index (κ1) is 16.4. The average Bonchev–Trinajstić information content (AvgIpc) is 2.86. The molecule has 1 atom stereocenters. The first-order valence-corrected chi connectivity index (χ1v) is 8.44. The molecule has 5 nitrogen and oxygen atoms in total. The fraction of sp³-hybridized carbons (Fsp3) is 0.875. The lowest BCUT2D eigenvalue weighted by atomic mass is 10.0. The van der Waals surface area contributed by atoms with Crippen LogP contribution in [0.5, 0.6) is 0 Å². The minimum absolute atomic E-state index is 0.552. The van der Waals surface area contributed by atoms with Crippen molar-refractivity contribution in [1.82, 2.24) is 20.4 Å². The van der Waals surface area contributed by atoms with Gasteiger partial charge in [0.15, 0.2) is 5.82 Å². The molecule has 1 aromatic heterocycles. The lowest BCUT2D eigenvalue weighted by Gasteiger charge is -2.29. The van der Waals surface area contributed by atoms with E-state index in [1.165, 1.54) is 19.3 Å². The van der Waals surface area contributed by atoms with Crippen LogP contribution in [0.4, 0.5) is 0 Å². The van der Waals surface area contributed by atoms with E-state index in [0.29, 0.717) is 12.0 Å². The van der Waals surface area contributed by atoms with Crippen molar-refractivity contribution in [2.75, 3.05) is 19.6 Å². The molecular formula is C16H30N4O. The summed E-state index contributed by atoms with van der Waals surface area (Å²) in [5.41, 5.74) is 0. The van der Waals surface area contributed by atoms with E-state index < -0.39 is 0 Å². The van der Waals surface area contributed by atoms with Crippen molar-refractivity contribution in [3.8, 4) is 0 Å². The first-order chi connectivity index (χ1) is 10.2. The summed E-state index contributed by atoms with van der Waals surface area (Å²) in [6.45, 7) is 10.7. The Morgan fingerprint density at radius 2 is 2.24 bits per heavy atom. The van der Waals surface area contributed by atoms with E-state index >= 15 is 0 Å². The molecule has 120 valence electrons. The highest BCUT2D eigenvalue weighted by molar-refractivity contribution is 4.88. The van der Waals surface area contributed by atoms with Crippen LogP contribution >= 0.6 is 0 Å². The first-order valence-electron chi connectivity index (χ1n) is 8.44. The maximum atomic E-state index is 5.34. The van der Waals surface area contributed by atoms with Crippen LogP contribution in [-0.4, -0.2) is 40.7 Å². The monoisotopic (exact) mass is 294 g/mol. The molecule has 5 heteroatoms. The van der Waals surface area contributed by atoms with E-state index in [0.717, 1.165) is 50.7 Å². The molecule has 1 aliphatic rings. The minimum atomic E-state index is 0.552. The van der Waals surface area contributed by atoms with Crippen LogP contribution in [-0.2, 0) is 13.0 Å². The van der Waals surface area contributed by atoms with Gasteiger partial charge in [0.25, 0.3) is 0 Å². The van der Waals surface area contributed by atoms with Gasteiger partial charge >= 0.3 is 0 Å². The Kier molecular flexibility index (Phi) is 6.64. The summed E-state index contributed by atoms with van der Waals surface area (Å²) < 4.78 is 5.34. The number of hydrogen-bond acceptors (Lipinski definition) is 5. The van der Waals surface area contributed by atoms with Crippen molar-refractivity contribution in [2.45, 2.75) is 65.5 Å². The van der Waals surface area contributed by atoms with Gasteiger partial charge in [-0.15, -0.1) is 0 Å². The Labute approximate surface area is 128 Å². The summed E-state index contributed by atoms with van der Waals surface area (Å²) in [6, 6.07) is 0.618. The van der Waals surface area contributed by atoms with Crippen molar-refractivity contribution in [2.24, 2.45) is 5.92 Å². The highest BCUT2D eigenvalue weighted by Gasteiger charge is 2.18. The number of rotatable bonds is 8. The SMILES string of the molecule is CCCN(Cc1noc(CC(C)C)n1)CC1CCCCN1. The average molecular weight is 294 g/mol. The smallest absolute Gasteiger partial charge is 0.226 e. The Balaban J connectivity index is 1.87. The Hall–Kier alpha value is -0.940. The number of nitrogens with one attached hydrogen (secondary N) is 1. The molecular weight excluding hydrogens is 264 g/mol. The molecule has 2 rings (SSSR count). The van der Waals surface area contributed by atoms with Gasteiger partial charge < -0.3 is 9.84 Å². The summed E-state index contributed by atoms with van der Waals surface area (Å²) in [6.07, 6.45) is 5.96. The van der Waals surface area contributed by atoms with Gasteiger partial charge in [0, 0.05) is 19.0 Å². The van der Waals surface area contributed by atoms with Gasteiger partial charge in [0.1, 0.15) is 0 Å². The maximum Gasteiger partial charge on any atom is 0.226 e. The molecule has 0 aliphatic carbocycles. The van der Waals surface area contributed by atoms with Crippen LogP contribution in [0.15, 0.2) is 4.52 Å². The third kappa shape index (κ3) is 5.75. The molecule has 1 saturated heterocycles. The molecule has 1 aliphatic heterocycles. The second-order valence-corrected chi connectivity index (χ2v) is 6.58. The standard InChI is InChI=1S/C16H30N4O/c1-4-9-20(11-14-7-5-6-8-17-14)12-15-18-16(21-19-15)10-13(2)3/h13-14,17H,4-12H2,1-3H3. The van der Waals surface area contributed by atoms with Crippen molar-refractivity contribution >= 4 is 0 Å². The van der Waals surface area contributed by atoms with Crippen molar-refractivity contribution < 1.29 is 4.52 Å². The summed E-state index contributed by atoms with van der Waals surface area (Å²) in [4.78, 5) is 6.98. The van der Waals surface area contributed by atoms with E-state index in [-0.39, 0.29) is 0 Å². The number of nitrogens with zero attached hydrogens (tertiary/aromatic N) is 3. The highest BCUT2D eigenvalue weighted by atomic mass is 16.5. The van der Waals surface area contributed by atoms with E-state index in [1.54, 1.807) is 0 Å². The fourth-order valence-electron chi connectivity index (χ4n) is 2.93. The van der Waals surface area contributed by atoms with Crippen molar-refractivity contribution in [3.63, 3.8) is 0 Å². The second-order valence-electron chi connectivity index (χ2n) is 6.58. The molecule has 1 aromatic rings. The molecule has 1 fully saturated rings. The predicted octanol–water partition coefficient (Wildman–Crippen LogP) is 2.62. The quantitative estimate of drug-likeness (QED) is 0.799. The lowest BCUT2D eigenvalue weighted by Crippen LogP contribution is -2.43. The molecule has 1 N–H and O–H groups in total. The van der Waals surface area contributed by atoms with E-state index in [1.807, 2.05) is 0 Å². The molecule has 1 unspecified atom stereocenters. The van der Waals surface area contributed by atoms with Crippen LogP contribution in [0.2, 0.25) is 0 Å². The zero-order valence-electron chi connectivity index (χ0n) is 13.8. The third-order valence-corrected chi connectivity index (χ3v) is 3.89. The minimum Gasteiger partial charge on any atom is -0.339 e. The summed E-state index contributed by atoms with van der Waals surface area (Å²) >= 11 is 0. The Morgan fingerprint density at radius 1 is 1.38 bits per heavy atom. The Bertz CT molecular complexity index is 399. The van der Waals surface area contributed by atoms with Gasteiger partial charge in [-0.25, -0.2) is 0 Å². The van der Waals surface area contributed by atoms with Crippen molar-refractivity contribution in [1.29, 1.82) is 0 Å². The molecule has 0 spiro atoms. The van der Waals surface area contributed by atoms with Crippen LogP contribution in [0.3, 0.4) is 0 Å². The predicted molar refractivity (Wildman–Crippen MR) is 84.0 cm³/mol. The van der Waals surface area contributed by atoms with Gasteiger partial charge in [-0.05, 0) is 38.3 Å². The van der Waals surface area contributed by atoms with Gasteiger partial charge in [-0.3, -0.25) is 4.90 Å². The zero-order chi connectivity index (χ0) is 15.1. The van der Waals surface area contributed by atoms with Gasteiger partial charge in [-0.1, -0.05) is 32.3 Å². The van der Waals surface area contributed by atoms with Gasteiger partial charge in [0.05, 0.1) is 6.54 Å². The van der Waals surface area contributed by atoms with Crippen LogP contribution in [0.25, 0.3) is 0 Å². The number of aromatic nitrogens is 2. The van der Waals surface area contributed by atoms with Gasteiger partial charge in [-0.2, -0.15) is 4.98 Å². The summed E-state index contributed by atoms with van der Waals surface area (Å²) in [7, 11) is 0. The summed E-state index contributed by atoms with van der Waals surface area (Å²) in [5, 5.41) is 7.76. The molecule has 2 heterocycles. The van der Waals surface area contributed by atoms with Crippen LogP contribution < -0.4 is 5.32 Å². The Morgan fingerprint density at radius 3 is 2.90 bits per heavy atom. The second kappa shape index (κ2) is 8.49. The van der Waals surface area contributed by atoms with E-state index in [4.69, 9.17) is 4.52 Å². The molecule has 0 saturated carbocycles. The molecule has 21 heavy (non-hydrogen) atoms. The molecule has 0 bridgehead atoms. The lowest BCUT2D eigenvalue weighted by molar-refractivity contribution is 0.210. The number of hydrogen-bond donors (Lipinski definition) is 1. The van der Waals surface area contributed by atoms with E-state index in [9.17, 15) is 0 Å². The maximum absolute atomic E-state index is 5.34. The normalized spacial score (nSPS) is 19.6. The third-order valence-electron chi connectivity index (χ3n) is 3.89. The zero-order valence-corrected chi connectivity index (χ0v) is 13.8. The molecule has 0 aromatic carbocycles. The topological polar surface area (TPSA) is 54.2 Å². The molecule has 0 amide bonds. The van der Waals surface area contributed by atoms with E-state index in [2.05, 4.69) is 41.1 Å².